The van der Waals surface area contributed by atoms with Crippen molar-refractivity contribution in [1.29, 1.82) is 5.26 Å². The molecule has 0 atom stereocenters. The molecule has 4 aromatic rings. The van der Waals surface area contributed by atoms with Crippen molar-refractivity contribution in [3.8, 4) is 17.3 Å². The molecule has 0 fully saturated rings. The molecule has 0 amide bonds. The van der Waals surface area contributed by atoms with Gasteiger partial charge in [-0.3, -0.25) is 14.2 Å². The van der Waals surface area contributed by atoms with E-state index in [2.05, 4.69) is 9.97 Å². The largest absolute Gasteiger partial charge is 0.300 e. The third-order valence-electron chi connectivity index (χ3n) is 5.12. The van der Waals surface area contributed by atoms with E-state index in [1.165, 1.54) is 0 Å². The molecular weight excluding hydrogens is 432 g/mol. The van der Waals surface area contributed by atoms with E-state index in [0.717, 1.165) is 33.9 Å². The van der Waals surface area contributed by atoms with Crippen LogP contribution in [0.2, 0.25) is 5.02 Å². The number of carbonyl (C=O) groups is 1. The van der Waals surface area contributed by atoms with E-state index in [4.69, 9.17) is 11.6 Å². The first-order valence-corrected chi connectivity index (χ1v) is 10.8. The van der Waals surface area contributed by atoms with E-state index in [9.17, 15) is 14.9 Å². The Morgan fingerprint density at radius 1 is 1.23 bits per heavy atom. The minimum atomic E-state index is -0.555. The molecule has 0 unspecified atom stereocenters. The van der Waals surface area contributed by atoms with Crippen LogP contribution in [0.5, 0.6) is 0 Å². The number of H-pyrrole nitrogens is 1. The lowest BCUT2D eigenvalue weighted by Crippen LogP contribution is -2.17. The van der Waals surface area contributed by atoms with Gasteiger partial charge in [-0.25, -0.2) is 4.98 Å². The van der Waals surface area contributed by atoms with Crippen molar-refractivity contribution in [2.45, 2.75) is 19.0 Å². The van der Waals surface area contributed by atoms with E-state index in [1.54, 1.807) is 28.8 Å². The van der Waals surface area contributed by atoms with E-state index in [1.807, 2.05) is 44.2 Å². The van der Waals surface area contributed by atoms with Crippen molar-refractivity contribution < 1.29 is 4.79 Å². The highest BCUT2D eigenvalue weighted by Gasteiger charge is 2.18. The number of nitrogens with one attached hydrogen (secondary N) is 1. The average Bonchev–Trinajstić information content (AvgIpc) is 3.02. The fourth-order valence-electron chi connectivity index (χ4n) is 3.51. The second kappa shape index (κ2) is 8.42. The number of nitrogens with zero attached hydrogens (tertiary/aromatic N) is 3. The molecule has 31 heavy (non-hydrogen) atoms. The highest BCUT2D eigenvalue weighted by molar-refractivity contribution is 7.99. The number of hydrogen-bond acceptors (Lipinski definition) is 5. The zero-order valence-electron chi connectivity index (χ0n) is 16.8. The number of nitriles is 1. The first kappa shape index (κ1) is 20.9. The summed E-state index contributed by atoms with van der Waals surface area (Å²) in [4.78, 5) is 32.5. The second-order valence-corrected chi connectivity index (χ2v) is 8.36. The number of halogens is 1. The number of carbonyl (C=O) groups excluding carboxylic acids is 1. The first-order valence-electron chi connectivity index (χ1n) is 9.43. The molecule has 8 heteroatoms. The number of benzene rings is 2. The van der Waals surface area contributed by atoms with Crippen LogP contribution in [0.1, 0.15) is 21.6 Å². The number of aryl methyl sites for hydroxylation is 1. The summed E-state index contributed by atoms with van der Waals surface area (Å²) in [5, 5.41) is 11.2. The Labute approximate surface area is 187 Å². The van der Waals surface area contributed by atoms with Gasteiger partial charge in [0.05, 0.1) is 17.0 Å². The number of fused-ring (bicyclic) bond motifs is 1. The van der Waals surface area contributed by atoms with Gasteiger partial charge in [0.2, 0.25) is 5.91 Å². The Bertz CT molecular complexity index is 1430. The molecule has 0 bridgehead atoms. The van der Waals surface area contributed by atoms with Crippen LogP contribution in [0.4, 0.5) is 0 Å². The van der Waals surface area contributed by atoms with Crippen molar-refractivity contribution in [3.63, 3.8) is 0 Å². The van der Waals surface area contributed by atoms with Gasteiger partial charge >= 0.3 is 0 Å². The van der Waals surface area contributed by atoms with Crippen LogP contribution in [0.25, 0.3) is 22.2 Å². The van der Waals surface area contributed by atoms with Gasteiger partial charge in [0.25, 0.3) is 5.56 Å². The summed E-state index contributed by atoms with van der Waals surface area (Å²) in [5.74, 6) is -0.0499. The maximum atomic E-state index is 13.0. The molecule has 6 nitrogen and oxygen atoms in total. The van der Waals surface area contributed by atoms with Gasteiger partial charge in [0, 0.05) is 21.7 Å². The van der Waals surface area contributed by atoms with Gasteiger partial charge in [-0.2, -0.15) is 5.26 Å². The lowest BCUT2D eigenvalue weighted by molar-refractivity contribution is 0.0945. The number of para-hydroxylation sites is 1. The zero-order chi connectivity index (χ0) is 22.1. The Morgan fingerprint density at radius 3 is 2.74 bits per heavy atom. The highest BCUT2D eigenvalue weighted by Crippen LogP contribution is 2.27. The van der Waals surface area contributed by atoms with Crippen LogP contribution >= 0.6 is 23.4 Å². The molecule has 0 aliphatic heterocycles. The lowest BCUT2D eigenvalue weighted by Gasteiger charge is -2.09. The van der Waals surface area contributed by atoms with Crippen molar-refractivity contribution in [2.24, 2.45) is 0 Å². The van der Waals surface area contributed by atoms with Crippen LogP contribution in [-0.4, -0.2) is 26.2 Å². The molecule has 2 aromatic heterocycles. The van der Waals surface area contributed by atoms with E-state index in [0.29, 0.717) is 10.6 Å². The summed E-state index contributed by atoms with van der Waals surface area (Å²) in [6, 6.07) is 16.4. The van der Waals surface area contributed by atoms with Crippen LogP contribution < -0.4 is 5.56 Å². The first-order chi connectivity index (χ1) is 14.9. The molecule has 0 saturated carbocycles. The van der Waals surface area contributed by atoms with Gasteiger partial charge in [-0.15, -0.1) is 0 Å². The maximum Gasteiger partial charge on any atom is 0.270 e. The molecule has 1 N–H and O–H groups in total. The summed E-state index contributed by atoms with van der Waals surface area (Å²) in [6.07, 6.45) is 0. The number of hydrogen-bond donors (Lipinski definition) is 1. The second-order valence-electron chi connectivity index (χ2n) is 6.96. The monoisotopic (exact) mass is 448 g/mol. The van der Waals surface area contributed by atoms with Gasteiger partial charge in [-0.05, 0) is 37.6 Å². The molecule has 154 valence electrons. The van der Waals surface area contributed by atoms with Crippen molar-refractivity contribution in [3.05, 3.63) is 80.7 Å². The third-order valence-corrected chi connectivity index (χ3v) is 6.21. The quantitative estimate of drug-likeness (QED) is 0.351. The van der Waals surface area contributed by atoms with Gasteiger partial charge < -0.3 is 4.98 Å². The predicted octanol–water partition coefficient (Wildman–Crippen LogP) is 4.97. The number of aromatic nitrogens is 3. The molecule has 2 aromatic carbocycles. The summed E-state index contributed by atoms with van der Waals surface area (Å²) in [5.41, 5.74) is 2.94. The third kappa shape index (κ3) is 3.88. The van der Waals surface area contributed by atoms with Crippen molar-refractivity contribution in [1.82, 2.24) is 14.5 Å². The molecular formula is C23H17ClN4O2S. The summed E-state index contributed by atoms with van der Waals surface area (Å²) >= 11 is 7.17. The number of aromatic amines is 1. The molecule has 0 aliphatic carbocycles. The Morgan fingerprint density at radius 2 is 2.00 bits per heavy atom. The lowest BCUT2D eigenvalue weighted by atomic mass is 10.1. The smallest absolute Gasteiger partial charge is 0.270 e. The Kier molecular flexibility index (Phi) is 5.68. The zero-order valence-corrected chi connectivity index (χ0v) is 18.3. The molecule has 0 saturated heterocycles. The van der Waals surface area contributed by atoms with Crippen LogP contribution in [0, 0.1) is 25.2 Å². The summed E-state index contributed by atoms with van der Waals surface area (Å²) in [6.45, 7) is 3.91. The minimum Gasteiger partial charge on any atom is -0.300 e. The Hall–Kier alpha value is -3.34. The van der Waals surface area contributed by atoms with Gasteiger partial charge in [-0.1, -0.05) is 53.7 Å². The fraction of sp³-hybridized carbons (Fsp3) is 0.130. The normalized spacial score (nSPS) is 10.9. The molecule has 2 heterocycles. The maximum absolute atomic E-state index is 13.0. The van der Waals surface area contributed by atoms with E-state index in [-0.39, 0.29) is 28.1 Å². The van der Waals surface area contributed by atoms with Crippen molar-refractivity contribution in [2.75, 3.05) is 5.75 Å². The number of thioether (sulfide) groups is 1. The SMILES string of the molecule is Cc1c(C)n(C(=O)CSc2nc(-c3cccc(Cl)c3)c(C#N)c(=O)[nH]2)c2ccccc12. The average molecular weight is 449 g/mol. The van der Waals surface area contributed by atoms with E-state index < -0.39 is 5.56 Å². The predicted molar refractivity (Wildman–Crippen MR) is 123 cm³/mol. The highest BCUT2D eigenvalue weighted by atomic mass is 35.5. The number of rotatable bonds is 4. The van der Waals surface area contributed by atoms with Crippen LogP contribution in [-0.2, 0) is 0 Å². The topological polar surface area (TPSA) is 91.5 Å². The van der Waals surface area contributed by atoms with Gasteiger partial charge in [0.15, 0.2) is 5.16 Å². The molecule has 0 aliphatic rings. The van der Waals surface area contributed by atoms with Gasteiger partial charge in [0.1, 0.15) is 11.6 Å². The molecule has 4 rings (SSSR count). The van der Waals surface area contributed by atoms with Crippen LogP contribution in [0.15, 0.2) is 58.5 Å². The van der Waals surface area contributed by atoms with Crippen molar-refractivity contribution >= 4 is 40.2 Å². The minimum absolute atomic E-state index is 0.0722. The fourth-order valence-corrected chi connectivity index (χ4v) is 4.41. The molecule has 0 radical (unpaired) electrons. The molecule has 0 spiro atoms. The van der Waals surface area contributed by atoms with E-state index >= 15 is 0 Å². The Balaban J connectivity index is 1.67. The summed E-state index contributed by atoms with van der Waals surface area (Å²) in [7, 11) is 0. The van der Waals surface area contributed by atoms with Crippen LogP contribution in [0.3, 0.4) is 0 Å². The summed E-state index contributed by atoms with van der Waals surface area (Å²) < 4.78 is 1.69. The standard InChI is InChI=1S/C23H17ClN4O2S/c1-13-14(2)28(19-9-4-3-8-17(13)19)20(29)12-31-23-26-21(18(11-25)22(30)27-23)15-6-5-7-16(24)10-15/h3-10H,12H2,1-2H3,(H,26,27,30).